The number of rotatable bonds is 6. The number of aromatic nitrogens is 3. The number of benzene rings is 2. The van der Waals surface area contributed by atoms with Gasteiger partial charge < -0.3 is 15.8 Å². The van der Waals surface area contributed by atoms with Crippen LogP contribution in [0.2, 0.25) is 0 Å². The average Bonchev–Trinajstić information content (AvgIpc) is 3.02. The topological polar surface area (TPSA) is 95.1 Å². The number of hydrogen-bond donors (Lipinski definition) is 2. The van der Waals surface area contributed by atoms with E-state index in [1.165, 1.54) is 4.68 Å². The van der Waals surface area contributed by atoms with Gasteiger partial charge in [0.25, 0.3) is 5.91 Å². The van der Waals surface area contributed by atoms with Gasteiger partial charge in [-0.25, -0.2) is 4.68 Å². The zero-order valence-electron chi connectivity index (χ0n) is 14.1. The minimum Gasteiger partial charge on any atom is -0.496 e. The Hall–Kier alpha value is -2.87. The Morgan fingerprint density at radius 2 is 1.96 bits per heavy atom. The van der Waals surface area contributed by atoms with Crippen molar-refractivity contribution in [3.8, 4) is 5.75 Å². The smallest absolute Gasteiger partial charge is 0.275 e. The van der Waals surface area contributed by atoms with E-state index in [1.54, 1.807) is 7.11 Å². The van der Waals surface area contributed by atoms with E-state index in [4.69, 9.17) is 10.5 Å². The zero-order valence-corrected chi connectivity index (χ0v) is 15.7. The van der Waals surface area contributed by atoms with Gasteiger partial charge in [0.2, 0.25) is 0 Å². The van der Waals surface area contributed by atoms with Crippen molar-refractivity contribution in [3.05, 3.63) is 69.8 Å². The van der Waals surface area contributed by atoms with E-state index in [0.29, 0.717) is 18.8 Å². The molecule has 0 aliphatic carbocycles. The lowest BCUT2D eigenvalue weighted by Gasteiger charge is -2.09. The van der Waals surface area contributed by atoms with Crippen molar-refractivity contribution in [1.82, 2.24) is 20.3 Å². The lowest BCUT2D eigenvalue weighted by atomic mass is 10.2. The maximum Gasteiger partial charge on any atom is 0.275 e. The molecule has 1 amide bonds. The van der Waals surface area contributed by atoms with Crippen molar-refractivity contribution in [3.63, 3.8) is 0 Å². The number of halogens is 1. The Morgan fingerprint density at radius 1 is 1.23 bits per heavy atom. The van der Waals surface area contributed by atoms with Crippen molar-refractivity contribution in [2.24, 2.45) is 0 Å². The highest BCUT2D eigenvalue weighted by Crippen LogP contribution is 2.18. The van der Waals surface area contributed by atoms with Gasteiger partial charge in [0.15, 0.2) is 11.5 Å². The number of carbonyl (C=O) groups excluding carboxylic acids is 1. The molecular weight excluding hydrogens is 398 g/mol. The molecule has 0 fully saturated rings. The molecule has 3 aromatic rings. The molecular formula is C18H18BrN5O2. The molecule has 0 atom stereocenters. The predicted octanol–water partition coefficient (Wildman–Crippen LogP) is 2.61. The molecule has 1 aromatic heterocycles. The van der Waals surface area contributed by atoms with Crippen molar-refractivity contribution in [1.29, 1.82) is 0 Å². The first-order valence-corrected chi connectivity index (χ1v) is 8.71. The summed E-state index contributed by atoms with van der Waals surface area (Å²) in [6.07, 6.45) is 0. The molecule has 0 aliphatic rings. The average molecular weight is 416 g/mol. The summed E-state index contributed by atoms with van der Waals surface area (Å²) in [6, 6.07) is 15.2. The molecule has 0 aliphatic heterocycles. The minimum atomic E-state index is -0.379. The van der Waals surface area contributed by atoms with E-state index in [0.717, 1.165) is 15.6 Å². The highest BCUT2D eigenvalue weighted by atomic mass is 79.9. The Kier molecular flexibility index (Phi) is 5.52. The normalized spacial score (nSPS) is 10.5. The third kappa shape index (κ3) is 4.02. The van der Waals surface area contributed by atoms with Gasteiger partial charge in [-0.3, -0.25) is 4.79 Å². The fourth-order valence-corrected chi connectivity index (χ4v) is 2.73. The Bertz CT molecular complexity index is 908. The lowest BCUT2D eigenvalue weighted by molar-refractivity contribution is 0.0946. The fourth-order valence-electron chi connectivity index (χ4n) is 2.47. The summed E-state index contributed by atoms with van der Waals surface area (Å²) in [4.78, 5) is 12.4. The lowest BCUT2D eigenvalue weighted by Crippen LogP contribution is -2.24. The quantitative estimate of drug-likeness (QED) is 0.644. The molecule has 3 rings (SSSR count). The summed E-state index contributed by atoms with van der Waals surface area (Å²) in [5.41, 5.74) is 8.03. The molecule has 2 aromatic carbocycles. The summed E-state index contributed by atoms with van der Waals surface area (Å²) in [6.45, 7) is 0.744. The van der Waals surface area contributed by atoms with Crippen LogP contribution in [0.15, 0.2) is 53.0 Å². The number of nitrogens with zero attached hydrogens (tertiary/aromatic N) is 3. The molecule has 7 nitrogen and oxygen atoms in total. The zero-order chi connectivity index (χ0) is 18.5. The number of para-hydroxylation sites is 1. The molecule has 0 unspecified atom stereocenters. The number of ether oxygens (including phenoxy) is 1. The summed E-state index contributed by atoms with van der Waals surface area (Å²) in [7, 11) is 1.59. The van der Waals surface area contributed by atoms with Crippen LogP contribution in [-0.2, 0) is 13.1 Å². The summed E-state index contributed by atoms with van der Waals surface area (Å²) in [5.74, 6) is 0.556. The highest BCUT2D eigenvalue weighted by molar-refractivity contribution is 9.10. The fraction of sp³-hybridized carbons (Fsp3) is 0.167. The second-order valence-corrected chi connectivity index (χ2v) is 6.52. The number of nitrogens with one attached hydrogen (secondary N) is 1. The van der Waals surface area contributed by atoms with Crippen LogP contribution in [0.3, 0.4) is 0 Å². The van der Waals surface area contributed by atoms with Crippen molar-refractivity contribution < 1.29 is 9.53 Å². The Labute approximate surface area is 159 Å². The van der Waals surface area contributed by atoms with Gasteiger partial charge in [0.05, 0.1) is 13.7 Å². The van der Waals surface area contributed by atoms with Gasteiger partial charge in [-0.05, 0) is 23.8 Å². The molecule has 3 N–H and O–H groups in total. The van der Waals surface area contributed by atoms with Crippen molar-refractivity contribution in [2.75, 3.05) is 12.8 Å². The first kappa shape index (κ1) is 17.9. The Morgan fingerprint density at radius 3 is 2.69 bits per heavy atom. The van der Waals surface area contributed by atoms with Gasteiger partial charge >= 0.3 is 0 Å². The molecule has 0 radical (unpaired) electrons. The SMILES string of the molecule is COc1ccccc1CNC(=O)c1nnn(Cc2ccc(Br)cc2)c1N. The van der Waals surface area contributed by atoms with E-state index in [1.807, 2.05) is 48.5 Å². The molecule has 26 heavy (non-hydrogen) atoms. The van der Waals surface area contributed by atoms with Gasteiger partial charge in [-0.1, -0.05) is 51.5 Å². The Balaban J connectivity index is 1.68. The molecule has 0 bridgehead atoms. The van der Waals surface area contributed by atoms with E-state index >= 15 is 0 Å². The molecule has 0 saturated heterocycles. The standard InChI is InChI=1S/C18H18BrN5O2/c1-26-15-5-3-2-4-13(15)10-21-18(25)16-17(20)24(23-22-16)11-12-6-8-14(19)9-7-12/h2-9H,10-11,20H2,1H3,(H,21,25). The van der Waals surface area contributed by atoms with Crippen LogP contribution in [0.1, 0.15) is 21.6 Å². The predicted molar refractivity (Wildman–Crippen MR) is 102 cm³/mol. The third-order valence-corrected chi connectivity index (χ3v) is 4.39. The molecule has 0 spiro atoms. The van der Waals surface area contributed by atoms with Crippen LogP contribution in [0.5, 0.6) is 5.75 Å². The molecule has 0 saturated carbocycles. The summed E-state index contributed by atoms with van der Waals surface area (Å²) >= 11 is 3.39. The first-order valence-electron chi connectivity index (χ1n) is 7.92. The van der Waals surface area contributed by atoms with Gasteiger partial charge in [-0.2, -0.15) is 0 Å². The maximum absolute atomic E-state index is 12.4. The highest BCUT2D eigenvalue weighted by Gasteiger charge is 2.17. The second-order valence-electron chi connectivity index (χ2n) is 5.60. The van der Waals surface area contributed by atoms with Crippen LogP contribution in [0, 0.1) is 0 Å². The summed E-state index contributed by atoms with van der Waals surface area (Å²) < 4.78 is 7.77. The number of amides is 1. The largest absolute Gasteiger partial charge is 0.496 e. The monoisotopic (exact) mass is 415 g/mol. The van der Waals surface area contributed by atoms with Crippen molar-refractivity contribution >= 4 is 27.7 Å². The van der Waals surface area contributed by atoms with Crippen LogP contribution < -0.4 is 15.8 Å². The minimum absolute atomic E-state index is 0.108. The van der Waals surface area contributed by atoms with E-state index < -0.39 is 0 Å². The van der Waals surface area contributed by atoms with Gasteiger partial charge in [0, 0.05) is 16.6 Å². The number of hydrogen-bond acceptors (Lipinski definition) is 5. The molecule has 134 valence electrons. The number of nitrogen functional groups attached to an aromatic ring is 1. The number of nitrogens with two attached hydrogens (primary N) is 1. The van der Waals surface area contributed by atoms with Crippen LogP contribution in [0.25, 0.3) is 0 Å². The van der Waals surface area contributed by atoms with Crippen LogP contribution in [0.4, 0.5) is 5.82 Å². The molecule has 1 heterocycles. The number of methoxy groups -OCH3 is 1. The van der Waals surface area contributed by atoms with Gasteiger partial charge in [0.1, 0.15) is 5.75 Å². The maximum atomic E-state index is 12.4. The van der Waals surface area contributed by atoms with E-state index in [9.17, 15) is 4.79 Å². The van der Waals surface area contributed by atoms with Crippen LogP contribution in [-0.4, -0.2) is 28.0 Å². The second kappa shape index (κ2) is 8.01. The van der Waals surface area contributed by atoms with E-state index in [-0.39, 0.29) is 17.4 Å². The number of anilines is 1. The van der Waals surface area contributed by atoms with Gasteiger partial charge in [-0.15, -0.1) is 5.10 Å². The molecule has 8 heteroatoms. The first-order chi connectivity index (χ1) is 12.6. The number of carbonyl (C=O) groups is 1. The van der Waals surface area contributed by atoms with Crippen molar-refractivity contribution in [2.45, 2.75) is 13.1 Å². The summed E-state index contributed by atoms with van der Waals surface area (Å²) in [5, 5.41) is 10.7. The third-order valence-electron chi connectivity index (χ3n) is 3.87. The van der Waals surface area contributed by atoms with Crippen LogP contribution >= 0.6 is 15.9 Å². The van der Waals surface area contributed by atoms with E-state index in [2.05, 4.69) is 31.6 Å².